The van der Waals surface area contributed by atoms with Gasteiger partial charge in [0.05, 0.1) is 18.0 Å². The highest BCUT2D eigenvalue weighted by Crippen LogP contribution is 2.27. The maximum atomic E-state index is 13.5. The van der Waals surface area contributed by atoms with E-state index in [1.165, 1.54) is 5.56 Å². The van der Waals surface area contributed by atoms with Gasteiger partial charge in [0, 0.05) is 31.8 Å². The van der Waals surface area contributed by atoms with Gasteiger partial charge in [-0.1, -0.05) is 29.8 Å². The van der Waals surface area contributed by atoms with E-state index in [9.17, 15) is 9.59 Å². The summed E-state index contributed by atoms with van der Waals surface area (Å²) < 4.78 is 13.0. The zero-order valence-corrected chi connectivity index (χ0v) is 17.8. The molecule has 4 rings (SSSR count). The Bertz CT molecular complexity index is 1060. The third kappa shape index (κ3) is 3.99. The number of hydrogen-bond acceptors (Lipinski definition) is 4. The van der Waals surface area contributed by atoms with Crippen LogP contribution in [-0.4, -0.2) is 41.0 Å². The van der Waals surface area contributed by atoms with Gasteiger partial charge in [-0.05, 0) is 39.2 Å². The molecule has 0 radical (unpaired) electrons. The zero-order valence-electron chi connectivity index (χ0n) is 17.8. The van der Waals surface area contributed by atoms with Crippen LogP contribution < -0.4 is 0 Å². The van der Waals surface area contributed by atoms with E-state index >= 15 is 0 Å². The van der Waals surface area contributed by atoms with Crippen molar-refractivity contribution in [3.05, 3.63) is 59.0 Å². The summed E-state index contributed by atoms with van der Waals surface area (Å²) in [4.78, 5) is 27.4. The van der Waals surface area contributed by atoms with Gasteiger partial charge in [-0.3, -0.25) is 9.59 Å². The predicted molar refractivity (Wildman–Crippen MR) is 114 cm³/mol. The summed E-state index contributed by atoms with van der Waals surface area (Å²) in [5, 5.41) is 0. The van der Waals surface area contributed by atoms with Crippen molar-refractivity contribution in [1.29, 1.82) is 0 Å². The van der Waals surface area contributed by atoms with Crippen LogP contribution in [0.15, 0.2) is 40.8 Å². The molecule has 2 aromatic heterocycles. The van der Waals surface area contributed by atoms with E-state index < -0.39 is 0 Å². The SMILES string of the molecule is CCOC(=O)[C@H]1CCCN(C(=O)c2cc3oc(C)cc3n2Cc2ccc(C)cc2)C1. The first-order valence-electron chi connectivity index (χ1n) is 10.6. The standard InChI is InChI=1S/C24H28N2O4/c1-4-29-24(28)19-6-5-11-25(15-19)23(27)21-13-22-20(12-17(3)30-22)26(21)14-18-9-7-16(2)8-10-18/h7-10,12-13,19H,4-6,11,14-15H2,1-3H3/t19-/m0/s1. The minimum atomic E-state index is -0.256. The van der Waals surface area contributed by atoms with E-state index in [0.717, 1.165) is 29.7 Å². The van der Waals surface area contributed by atoms with Crippen LogP contribution in [0.25, 0.3) is 11.1 Å². The highest BCUT2D eigenvalue weighted by atomic mass is 16.5. The third-order valence-electron chi connectivity index (χ3n) is 5.72. The molecular weight excluding hydrogens is 380 g/mol. The summed E-state index contributed by atoms with van der Waals surface area (Å²) in [6.45, 7) is 7.75. The average Bonchev–Trinajstić information content (AvgIpc) is 3.26. The summed E-state index contributed by atoms with van der Waals surface area (Å²) in [5.41, 5.74) is 4.53. The molecule has 3 heterocycles. The molecule has 0 unspecified atom stereocenters. The molecule has 0 N–H and O–H groups in total. The molecule has 158 valence electrons. The molecule has 1 aromatic carbocycles. The molecule has 1 amide bonds. The Morgan fingerprint density at radius 3 is 2.67 bits per heavy atom. The Balaban J connectivity index is 1.64. The lowest BCUT2D eigenvalue weighted by Gasteiger charge is -2.31. The Morgan fingerprint density at radius 2 is 1.93 bits per heavy atom. The van der Waals surface area contributed by atoms with Crippen LogP contribution in [-0.2, 0) is 16.1 Å². The molecule has 3 aromatic rings. The van der Waals surface area contributed by atoms with Gasteiger partial charge in [0.25, 0.3) is 5.91 Å². The second-order valence-electron chi connectivity index (χ2n) is 8.05. The maximum Gasteiger partial charge on any atom is 0.310 e. The number of hydrogen-bond donors (Lipinski definition) is 0. The van der Waals surface area contributed by atoms with E-state index in [1.807, 2.05) is 23.6 Å². The van der Waals surface area contributed by atoms with Gasteiger partial charge in [-0.15, -0.1) is 0 Å². The van der Waals surface area contributed by atoms with E-state index in [0.29, 0.717) is 37.5 Å². The lowest BCUT2D eigenvalue weighted by atomic mass is 9.98. The lowest BCUT2D eigenvalue weighted by molar-refractivity contribution is -0.149. The number of benzene rings is 1. The summed E-state index contributed by atoms with van der Waals surface area (Å²) >= 11 is 0. The minimum absolute atomic E-state index is 0.0693. The number of carbonyl (C=O) groups excluding carboxylic acids is 2. The molecule has 0 saturated carbocycles. The highest BCUT2D eigenvalue weighted by molar-refractivity contribution is 5.98. The molecule has 0 aliphatic carbocycles. The quantitative estimate of drug-likeness (QED) is 0.590. The fraction of sp³-hybridized carbons (Fsp3) is 0.417. The van der Waals surface area contributed by atoms with Crippen molar-refractivity contribution < 1.29 is 18.7 Å². The number of aryl methyl sites for hydroxylation is 2. The zero-order chi connectivity index (χ0) is 21.3. The molecular formula is C24H28N2O4. The van der Waals surface area contributed by atoms with E-state index in [4.69, 9.17) is 9.15 Å². The van der Waals surface area contributed by atoms with Crippen LogP contribution in [0, 0.1) is 19.8 Å². The van der Waals surface area contributed by atoms with Gasteiger partial charge in [0.2, 0.25) is 0 Å². The van der Waals surface area contributed by atoms with Crippen LogP contribution in [0.2, 0.25) is 0 Å². The summed E-state index contributed by atoms with van der Waals surface area (Å²) in [6, 6.07) is 12.1. The molecule has 1 aliphatic rings. The van der Waals surface area contributed by atoms with E-state index in [2.05, 4.69) is 31.2 Å². The monoisotopic (exact) mass is 408 g/mol. The van der Waals surface area contributed by atoms with Crippen LogP contribution in [0.4, 0.5) is 0 Å². The summed E-state index contributed by atoms with van der Waals surface area (Å²) in [7, 11) is 0. The van der Waals surface area contributed by atoms with E-state index in [1.54, 1.807) is 11.8 Å². The second-order valence-corrected chi connectivity index (χ2v) is 8.05. The molecule has 6 nitrogen and oxygen atoms in total. The van der Waals surface area contributed by atoms with Gasteiger partial charge in [-0.25, -0.2) is 0 Å². The van der Waals surface area contributed by atoms with Gasteiger partial charge in [0.1, 0.15) is 11.5 Å². The number of fused-ring (bicyclic) bond motifs is 1. The number of ether oxygens (including phenoxy) is 1. The van der Waals surface area contributed by atoms with Crippen molar-refractivity contribution in [3.8, 4) is 0 Å². The van der Waals surface area contributed by atoms with Crippen molar-refractivity contribution in [3.63, 3.8) is 0 Å². The summed E-state index contributed by atoms with van der Waals surface area (Å²) in [5.74, 6) is 0.278. The van der Waals surface area contributed by atoms with Crippen LogP contribution in [0.5, 0.6) is 0 Å². The largest absolute Gasteiger partial charge is 0.466 e. The number of amides is 1. The number of aromatic nitrogens is 1. The van der Waals surface area contributed by atoms with Crippen LogP contribution >= 0.6 is 0 Å². The normalized spacial score (nSPS) is 16.8. The molecule has 6 heteroatoms. The fourth-order valence-electron chi connectivity index (χ4n) is 4.16. The average molecular weight is 408 g/mol. The number of esters is 1. The Morgan fingerprint density at radius 1 is 1.17 bits per heavy atom. The van der Waals surface area contributed by atoms with Crippen molar-refractivity contribution in [2.24, 2.45) is 5.92 Å². The first-order valence-corrected chi connectivity index (χ1v) is 10.6. The van der Waals surface area contributed by atoms with Gasteiger partial charge >= 0.3 is 5.97 Å². The number of carbonyl (C=O) groups is 2. The fourth-order valence-corrected chi connectivity index (χ4v) is 4.16. The highest BCUT2D eigenvalue weighted by Gasteiger charge is 2.31. The van der Waals surface area contributed by atoms with Crippen LogP contribution in [0.3, 0.4) is 0 Å². The number of piperidine rings is 1. The molecule has 0 spiro atoms. The molecule has 1 atom stereocenters. The number of furan rings is 1. The smallest absolute Gasteiger partial charge is 0.310 e. The van der Waals surface area contributed by atoms with Crippen LogP contribution in [0.1, 0.15) is 47.1 Å². The molecule has 30 heavy (non-hydrogen) atoms. The van der Waals surface area contributed by atoms with Crippen molar-refractivity contribution >= 4 is 23.0 Å². The van der Waals surface area contributed by atoms with Crippen molar-refractivity contribution in [2.75, 3.05) is 19.7 Å². The topological polar surface area (TPSA) is 64.7 Å². The number of nitrogens with zero attached hydrogens (tertiary/aromatic N) is 2. The summed E-state index contributed by atoms with van der Waals surface area (Å²) in [6.07, 6.45) is 1.55. The Kier molecular flexibility index (Phi) is 5.66. The molecule has 0 bridgehead atoms. The van der Waals surface area contributed by atoms with E-state index in [-0.39, 0.29) is 17.8 Å². The van der Waals surface area contributed by atoms with Crippen molar-refractivity contribution in [1.82, 2.24) is 9.47 Å². The lowest BCUT2D eigenvalue weighted by Crippen LogP contribution is -2.43. The third-order valence-corrected chi connectivity index (χ3v) is 5.72. The van der Waals surface area contributed by atoms with Gasteiger partial charge in [-0.2, -0.15) is 0 Å². The number of likely N-dealkylation sites (tertiary alicyclic amines) is 1. The number of rotatable bonds is 5. The first-order chi connectivity index (χ1) is 14.5. The Labute approximate surface area is 176 Å². The second kappa shape index (κ2) is 8.38. The maximum absolute atomic E-state index is 13.5. The van der Waals surface area contributed by atoms with Gasteiger partial charge in [0.15, 0.2) is 5.58 Å². The van der Waals surface area contributed by atoms with Crippen molar-refractivity contribution in [2.45, 2.75) is 40.2 Å². The predicted octanol–water partition coefficient (Wildman–Crippen LogP) is 4.31. The minimum Gasteiger partial charge on any atom is -0.466 e. The van der Waals surface area contributed by atoms with Gasteiger partial charge < -0.3 is 18.6 Å². The molecule has 1 aliphatic heterocycles. The molecule has 1 fully saturated rings. The Hall–Kier alpha value is -3.02. The molecule has 1 saturated heterocycles. The first kappa shape index (κ1) is 20.3.